The lowest BCUT2D eigenvalue weighted by Crippen LogP contribution is -2.45. The Morgan fingerprint density at radius 3 is 3.16 bits per heavy atom. The molecule has 2 unspecified atom stereocenters. The van der Waals surface area contributed by atoms with Gasteiger partial charge in [0.25, 0.3) is 0 Å². The lowest BCUT2D eigenvalue weighted by molar-refractivity contribution is -0.0441. The van der Waals surface area contributed by atoms with Crippen LogP contribution in [0, 0.1) is 11.3 Å². The predicted molar refractivity (Wildman–Crippen MR) is 80.4 cm³/mol. The molecule has 1 fully saturated rings. The summed E-state index contributed by atoms with van der Waals surface area (Å²) in [5.74, 6) is 0.462. The van der Waals surface area contributed by atoms with Crippen LogP contribution in [0.5, 0.6) is 0 Å². The van der Waals surface area contributed by atoms with Gasteiger partial charge in [0.05, 0.1) is 6.10 Å². The molecule has 1 aliphatic heterocycles. The molecule has 0 radical (unpaired) electrons. The number of aliphatic hydroxyl groups excluding tert-OH is 1. The average Bonchev–Trinajstić information content (AvgIpc) is 2.82. The predicted octanol–water partition coefficient (Wildman–Crippen LogP) is 3.29. The molecule has 2 aliphatic rings. The monoisotopic (exact) mass is 279 g/mol. The molecule has 0 aromatic carbocycles. The van der Waals surface area contributed by atoms with E-state index in [0.717, 1.165) is 19.6 Å². The topological polar surface area (TPSA) is 23.5 Å². The summed E-state index contributed by atoms with van der Waals surface area (Å²) in [6.07, 6.45) is 4.69. The molecule has 0 spiro atoms. The van der Waals surface area contributed by atoms with Crippen LogP contribution in [0.3, 0.4) is 0 Å². The van der Waals surface area contributed by atoms with Crippen LogP contribution in [0.1, 0.15) is 43.6 Å². The van der Waals surface area contributed by atoms with Gasteiger partial charge in [0.1, 0.15) is 0 Å². The summed E-state index contributed by atoms with van der Waals surface area (Å²) in [5.41, 5.74) is 1.62. The van der Waals surface area contributed by atoms with E-state index in [1.165, 1.54) is 31.2 Å². The van der Waals surface area contributed by atoms with Crippen molar-refractivity contribution in [3.63, 3.8) is 0 Å². The number of thiophene rings is 1. The molecule has 2 atom stereocenters. The molecule has 3 rings (SSSR count). The highest BCUT2D eigenvalue weighted by molar-refractivity contribution is 7.10. The minimum atomic E-state index is -0.134. The Bertz CT molecular complexity index is 440. The maximum atomic E-state index is 10.6. The van der Waals surface area contributed by atoms with Crippen LogP contribution in [0.15, 0.2) is 11.4 Å². The summed E-state index contributed by atoms with van der Waals surface area (Å²) in [4.78, 5) is 4.12. The SMILES string of the molecule is CC1(C)CCCC(CN2CCc3sccc3C2)C1O. The van der Waals surface area contributed by atoms with Crippen molar-refractivity contribution in [3.05, 3.63) is 21.9 Å². The zero-order valence-corrected chi connectivity index (χ0v) is 12.9. The van der Waals surface area contributed by atoms with Gasteiger partial charge in [-0.05, 0) is 47.6 Å². The van der Waals surface area contributed by atoms with E-state index in [1.54, 1.807) is 4.88 Å². The van der Waals surface area contributed by atoms with Crippen LogP contribution in [0.25, 0.3) is 0 Å². The van der Waals surface area contributed by atoms with E-state index >= 15 is 0 Å². The highest BCUT2D eigenvalue weighted by Crippen LogP contribution is 2.39. The maximum Gasteiger partial charge on any atom is 0.0631 e. The van der Waals surface area contributed by atoms with Crippen molar-refractivity contribution in [2.24, 2.45) is 11.3 Å². The lowest BCUT2D eigenvalue weighted by atomic mass is 9.69. The number of nitrogens with zero attached hydrogens (tertiary/aromatic N) is 1. The largest absolute Gasteiger partial charge is 0.392 e. The van der Waals surface area contributed by atoms with Crippen LogP contribution in [0.4, 0.5) is 0 Å². The molecule has 1 aromatic heterocycles. The Balaban J connectivity index is 1.63. The minimum Gasteiger partial charge on any atom is -0.392 e. The Hall–Kier alpha value is -0.380. The Morgan fingerprint density at radius 2 is 2.32 bits per heavy atom. The highest BCUT2D eigenvalue weighted by atomic mass is 32.1. The maximum absolute atomic E-state index is 10.6. The van der Waals surface area contributed by atoms with Crippen LogP contribution in [0.2, 0.25) is 0 Å². The minimum absolute atomic E-state index is 0.103. The average molecular weight is 279 g/mol. The second-order valence-electron chi connectivity index (χ2n) is 6.94. The summed E-state index contributed by atoms with van der Waals surface area (Å²) < 4.78 is 0. The Labute approximate surface area is 120 Å². The third-order valence-electron chi connectivity index (χ3n) is 5.02. The Kier molecular flexibility index (Phi) is 3.71. The highest BCUT2D eigenvalue weighted by Gasteiger charge is 2.38. The number of hydrogen-bond acceptors (Lipinski definition) is 3. The van der Waals surface area contributed by atoms with Gasteiger partial charge in [-0.1, -0.05) is 20.3 Å². The fraction of sp³-hybridized carbons (Fsp3) is 0.750. The summed E-state index contributed by atoms with van der Waals surface area (Å²) in [5, 5.41) is 12.8. The summed E-state index contributed by atoms with van der Waals surface area (Å²) >= 11 is 1.90. The molecule has 0 bridgehead atoms. The number of aliphatic hydroxyl groups is 1. The van der Waals surface area contributed by atoms with Crippen LogP contribution < -0.4 is 0 Å². The molecule has 0 saturated heterocycles. The summed E-state index contributed by atoms with van der Waals surface area (Å²) in [7, 11) is 0. The zero-order chi connectivity index (χ0) is 13.5. The van der Waals surface area contributed by atoms with Crippen molar-refractivity contribution in [1.82, 2.24) is 4.90 Å². The Morgan fingerprint density at radius 1 is 1.47 bits per heavy atom. The standard InChI is InChI=1S/C16H25NOS/c1-16(2)7-3-4-13(15(16)18)11-17-8-5-14-12(10-17)6-9-19-14/h6,9,13,15,18H,3-5,7-8,10-11H2,1-2H3. The molecule has 3 heteroatoms. The molecule has 1 saturated carbocycles. The first-order valence-corrected chi connectivity index (χ1v) is 8.40. The number of fused-ring (bicyclic) bond motifs is 1. The third-order valence-corrected chi connectivity index (χ3v) is 6.05. The van der Waals surface area contributed by atoms with Gasteiger partial charge in [-0.2, -0.15) is 0 Å². The van der Waals surface area contributed by atoms with Gasteiger partial charge in [-0.3, -0.25) is 4.90 Å². The van der Waals surface area contributed by atoms with E-state index in [4.69, 9.17) is 0 Å². The fourth-order valence-electron chi connectivity index (χ4n) is 3.75. The van der Waals surface area contributed by atoms with Gasteiger partial charge >= 0.3 is 0 Å². The van der Waals surface area contributed by atoms with Crippen molar-refractivity contribution in [3.8, 4) is 0 Å². The van der Waals surface area contributed by atoms with Gasteiger partial charge in [0.2, 0.25) is 0 Å². The first kappa shape index (κ1) is 13.6. The molecule has 19 heavy (non-hydrogen) atoms. The molecule has 2 nitrogen and oxygen atoms in total. The zero-order valence-electron chi connectivity index (χ0n) is 12.1. The van der Waals surface area contributed by atoms with E-state index < -0.39 is 0 Å². The van der Waals surface area contributed by atoms with Crippen LogP contribution >= 0.6 is 11.3 Å². The first-order valence-electron chi connectivity index (χ1n) is 7.52. The first-order chi connectivity index (χ1) is 9.06. The second kappa shape index (κ2) is 5.19. The molecular formula is C16H25NOS. The van der Waals surface area contributed by atoms with Gasteiger partial charge < -0.3 is 5.11 Å². The van der Waals surface area contributed by atoms with E-state index in [-0.39, 0.29) is 11.5 Å². The molecular weight excluding hydrogens is 254 g/mol. The molecule has 1 aromatic rings. The third kappa shape index (κ3) is 2.74. The van der Waals surface area contributed by atoms with Crippen molar-refractivity contribution in [2.45, 2.75) is 52.2 Å². The van der Waals surface area contributed by atoms with Gasteiger partial charge in [-0.25, -0.2) is 0 Å². The quantitative estimate of drug-likeness (QED) is 0.898. The van der Waals surface area contributed by atoms with E-state index in [0.29, 0.717) is 5.92 Å². The second-order valence-corrected chi connectivity index (χ2v) is 7.94. The van der Waals surface area contributed by atoms with Crippen LogP contribution in [-0.4, -0.2) is 29.2 Å². The lowest BCUT2D eigenvalue weighted by Gasteiger charge is -2.43. The van der Waals surface area contributed by atoms with Crippen molar-refractivity contribution >= 4 is 11.3 Å². The van der Waals surface area contributed by atoms with E-state index in [2.05, 4.69) is 30.2 Å². The van der Waals surface area contributed by atoms with E-state index in [1.807, 2.05) is 11.3 Å². The smallest absolute Gasteiger partial charge is 0.0631 e. The summed E-state index contributed by atoms with van der Waals surface area (Å²) in [6.45, 7) is 7.76. The van der Waals surface area contributed by atoms with Crippen LogP contribution in [-0.2, 0) is 13.0 Å². The normalized spacial score (nSPS) is 31.1. The number of hydrogen-bond donors (Lipinski definition) is 1. The van der Waals surface area contributed by atoms with Gasteiger partial charge in [-0.15, -0.1) is 11.3 Å². The van der Waals surface area contributed by atoms with Gasteiger partial charge in [0.15, 0.2) is 0 Å². The number of rotatable bonds is 2. The fourth-order valence-corrected chi connectivity index (χ4v) is 4.64. The van der Waals surface area contributed by atoms with Gasteiger partial charge in [0, 0.05) is 24.5 Å². The molecule has 1 aliphatic carbocycles. The molecule has 106 valence electrons. The van der Waals surface area contributed by atoms with Crippen molar-refractivity contribution < 1.29 is 5.11 Å². The molecule has 1 N–H and O–H groups in total. The van der Waals surface area contributed by atoms with Crippen molar-refractivity contribution in [1.29, 1.82) is 0 Å². The summed E-state index contributed by atoms with van der Waals surface area (Å²) in [6, 6.07) is 2.27. The van der Waals surface area contributed by atoms with Crippen molar-refractivity contribution in [2.75, 3.05) is 13.1 Å². The van der Waals surface area contributed by atoms with E-state index in [9.17, 15) is 5.11 Å². The molecule has 2 heterocycles. The molecule has 0 amide bonds.